The molecule has 2 N–H and O–H groups in total. The fourth-order valence-corrected chi connectivity index (χ4v) is 11.0. The number of ether oxygens (including phenoxy) is 1. The Labute approximate surface area is 294 Å². The summed E-state index contributed by atoms with van der Waals surface area (Å²) in [7, 11) is 0. The van der Waals surface area contributed by atoms with E-state index in [-0.39, 0.29) is 17.8 Å². The van der Waals surface area contributed by atoms with Gasteiger partial charge in [-0.1, -0.05) is 35.6 Å². The topological polar surface area (TPSA) is 122 Å². The number of aromatic nitrogens is 4. The lowest BCUT2D eigenvalue weighted by Crippen LogP contribution is -2.48. The van der Waals surface area contributed by atoms with Gasteiger partial charge in [0.15, 0.2) is 5.13 Å². The van der Waals surface area contributed by atoms with Gasteiger partial charge in [0, 0.05) is 35.5 Å². The molecule has 3 aromatic heterocycles. The van der Waals surface area contributed by atoms with E-state index >= 15 is 0 Å². The highest BCUT2D eigenvalue weighted by atomic mass is 32.1. The summed E-state index contributed by atoms with van der Waals surface area (Å²) in [5.41, 5.74) is 6.20. The molecule has 4 aliphatic carbocycles. The summed E-state index contributed by atoms with van der Waals surface area (Å²) in [5.74, 6) is 2.98. The third-order valence-corrected chi connectivity index (χ3v) is 12.8. The standard InChI is InChI=1S/C39H40N6O4S/c1-22-30(20-40-45(22)21-39-17-24-14-25(18-39)16-26(15-24)19-39)28-10-11-33(42-36(28)49-38(47)48)44-13-12-27-6-5-7-29(34(27)23(44)2)35(46)43-37-41-31-8-3-4-9-32(31)50-37/h3-11,20,23-26H,12-19,21H2,1-2H3,(H,47,48)(H,41,43,46). The molecule has 256 valence electrons. The minimum Gasteiger partial charge on any atom is -0.449 e. The molecule has 1 atom stereocenters. The van der Waals surface area contributed by atoms with E-state index in [2.05, 4.69) is 39.8 Å². The van der Waals surface area contributed by atoms with E-state index in [0.29, 0.717) is 40.5 Å². The van der Waals surface area contributed by atoms with Crippen LogP contribution in [0.5, 0.6) is 5.88 Å². The minimum atomic E-state index is -1.42. The first-order valence-corrected chi connectivity index (χ1v) is 18.5. The van der Waals surface area contributed by atoms with Gasteiger partial charge in [-0.25, -0.2) is 9.78 Å². The molecule has 10 nitrogen and oxygen atoms in total. The molecule has 0 spiro atoms. The van der Waals surface area contributed by atoms with E-state index in [1.807, 2.05) is 54.7 Å². The number of hydrogen-bond acceptors (Lipinski definition) is 8. The molecule has 0 saturated heterocycles. The summed E-state index contributed by atoms with van der Waals surface area (Å²) >= 11 is 1.45. The molecule has 50 heavy (non-hydrogen) atoms. The molecular weight excluding hydrogens is 649 g/mol. The average Bonchev–Trinajstić information content (AvgIpc) is 3.65. The van der Waals surface area contributed by atoms with Crippen LogP contribution in [-0.4, -0.2) is 43.5 Å². The molecule has 10 rings (SSSR count). The molecule has 5 aromatic rings. The Balaban J connectivity index is 0.996. The second kappa shape index (κ2) is 11.9. The fraction of sp³-hybridized carbons (Fsp3) is 0.410. The highest BCUT2D eigenvalue weighted by Gasteiger charge is 2.51. The number of nitrogens with one attached hydrogen (secondary N) is 1. The summed E-state index contributed by atoms with van der Waals surface area (Å²) in [5, 5.41) is 18.2. The number of amides is 1. The third-order valence-electron chi connectivity index (χ3n) is 11.8. The molecule has 1 amide bonds. The Kier molecular flexibility index (Phi) is 7.45. The number of pyridine rings is 1. The Morgan fingerprint density at radius 1 is 0.980 bits per heavy atom. The maximum atomic E-state index is 13.7. The van der Waals surface area contributed by atoms with Crippen LogP contribution in [0.15, 0.2) is 60.8 Å². The number of carbonyl (C=O) groups excluding carboxylic acids is 1. The molecule has 11 heteroatoms. The van der Waals surface area contributed by atoms with Crippen LogP contribution in [0, 0.1) is 30.1 Å². The van der Waals surface area contributed by atoms with E-state index in [9.17, 15) is 14.7 Å². The monoisotopic (exact) mass is 688 g/mol. The van der Waals surface area contributed by atoms with Gasteiger partial charge >= 0.3 is 6.16 Å². The maximum absolute atomic E-state index is 13.7. The summed E-state index contributed by atoms with van der Waals surface area (Å²) in [6.07, 6.45) is 9.19. The molecule has 0 radical (unpaired) electrons. The zero-order valence-electron chi connectivity index (χ0n) is 28.3. The van der Waals surface area contributed by atoms with Crippen LogP contribution in [0.3, 0.4) is 0 Å². The number of carbonyl (C=O) groups is 2. The number of para-hydroxylation sites is 1. The van der Waals surface area contributed by atoms with Gasteiger partial charge in [-0.3, -0.25) is 14.8 Å². The van der Waals surface area contributed by atoms with E-state index < -0.39 is 6.16 Å². The van der Waals surface area contributed by atoms with Crippen LogP contribution in [0.25, 0.3) is 21.3 Å². The van der Waals surface area contributed by atoms with Crippen molar-refractivity contribution in [1.29, 1.82) is 0 Å². The van der Waals surface area contributed by atoms with Crippen LogP contribution in [0.4, 0.5) is 15.7 Å². The summed E-state index contributed by atoms with van der Waals surface area (Å²) < 4.78 is 8.50. The molecule has 2 aromatic carbocycles. The Bertz CT molecular complexity index is 2090. The predicted octanol–water partition coefficient (Wildman–Crippen LogP) is 8.51. The lowest BCUT2D eigenvalue weighted by atomic mass is 9.49. The minimum absolute atomic E-state index is 0.0346. The van der Waals surface area contributed by atoms with Gasteiger partial charge in [0.1, 0.15) is 5.82 Å². The largest absolute Gasteiger partial charge is 0.512 e. The van der Waals surface area contributed by atoms with Gasteiger partial charge < -0.3 is 14.7 Å². The molecule has 4 fully saturated rings. The summed E-state index contributed by atoms with van der Waals surface area (Å²) in [4.78, 5) is 37.2. The quantitative estimate of drug-likeness (QED) is 0.163. The maximum Gasteiger partial charge on any atom is 0.512 e. The highest BCUT2D eigenvalue weighted by Crippen LogP contribution is 2.60. The van der Waals surface area contributed by atoms with Crippen molar-refractivity contribution in [2.75, 3.05) is 16.8 Å². The zero-order valence-corrected chi connectivity index (χ0v) is 29.1. The average molecular weight is 689 g/mol. The number of rotatable bonds is 7. The fourth-order valence-electron chi connectivity index (χ4n) is 10.1. The summed E-state index contributed by atoms with van der Waals surface area (Å²) in [6.45, 7) is 5.67. The summed E-state index contributed by atoms with van der Waals surface area (Å²) in [6, 6.07) is 17.3. The predicted molar refractivity (Wildman–Crippen MR) is 193 cm³/mol. The van der Waals surface area contributed by atoms with Crippen LogP contribution in [0.1, 0.15) is 78.7 Å². The Morgan fingerprint density at radius 3 is 2.48 bits per heavy atom. The smallest absolute Gasteiger partial charge is 0.449 e. The van der Waals surface area contributed by atoms with Crippen molar-refractivity contribution in [2.45, 2.75) is 71.4 Å². The second-order valence-electron chi connectivity index (χ2n) is 15.0. The van der Waals surface area contributed by atoms with E-state index in [1.165, 1.54) is 49.9 Å². The van der Waals surface area contributed by atoms with Crippen molar-refractivity contribution in [1.82, 2.24) is 19.7 Å². The molecule has 1 unspecified atom stereocenters. The molecule has 4 saturated carbocycles. The van der Waals surface area contributed by atoms with E-state index in [1.54, 1.807) is 0 Å². The number of carboxylic acid groups (broad SMARTS) is 1. The van der Waals surface area contributed by atoms with Crippen molar-refractivity contribution in [3.8, 4) is 17.0 Å². The number of anilines is 2. The van der Waals surface area contributed by atoms with Crippen LogP contribution in [0.2, 0.25) is 0 Å². The van der Waals surface area contributed by atoms with Crippen molar-refractivity contribution in [2.24, 2.45) is 23.2 Å². The highest BCUT2D eigenvalue weighted by molar-refractivity contribution is 7.22. The van der Waals surface area contributed by atoms with E-state index in [0.717, 1.165) is 56.9 Å². The molecule has 5 aliphatic rings. The molecule has 4 bridgehead atoms. The molecular formula is C39H40N6O4S. The Hall–Kier alpha value is -4.77. The zero-order chi connectivity index (χ0) is 34.1. The lowest BCUT2D eigenvalue weighted by Gasteiger charge is -2.56. The Morgan fingerprint density at radius 2 is 1.74 bits per heavy atom. The van der Waals surface area contributed by atoms with Gasteiger partial charge in [0.05, 0.1) is 22.5 Å². The van der Waals surface area contributed by atoms with Gasteiger partial charge in [-0.15, -0.1) is 0 Å². The normalized spacial score (nSPS) is 25.1. The second-order valence-corrected chi connectivity index (χ2v) is 16.1. The van der Waals surface area contributed by atoms with Crippen molar-refractivity contribution in [3.05, 3.63) is 83.2 Å². The van der Waals surface area contributed by atoms with Crippen LogP contribution in [-0.2, 0) is 13.0 Å². The molecule has 1 aliphatic heterocycles. The third kappa shape index (κ3) is 5.42. The first kappa shape index (κ1) is 31.2. The number of fused-ring (bicyclic) bond motifs is 2. The first-order valence-electron chi connectivity index (χ1n) is 17.7. The van der Waals surface area contributed by atoms with E-state index in [4.69, 9.17) is 14.8 Å². The van der Waals surface area contributed by atoms with Crippen molar-refractivity contribution >= 4 is 44.6 Å². The number of hydrogen-bond donors (Lipinski definition) is 2. The van der Waals surface area contributed by atoms with Gasteiger partial charge in [-0.2, -0.15) is 10.1 Å². The number of thiazole rings is 1. The van der Waals surface area contributed by atoms with Gasteiger partial charge in [0.25, 0.3) is 5.91 Å². The lowest BCUT2D eigenvalue weighted by molar-refractivity contribution is -0.0638. The SMILES string of the molecule is Cc1c(-c2ccc(N3CCc4cccc(C(=O)Nc5nc6ccccc6s5)c4C3C)nc2OC(=O)O)cnn1CC12CC3CC(CC(C3)C1)C2. The van der Waals surface area contributed by atoms with Crippen molar-refractivity contribution in [3.63, 3.8) is 0 Å². The van der Waals surface area contributed by atoms with Gasteiger partial charge in [-0.05, 0) is 123 Å². The van der Waals surface area contributed by atoms with Gasteiger partial charge in [0.2, 0.25) is 5.88 Å². The van der Waals surface area contributed by atoms with Crippen LogP contribution < -0.4 is 15.0 Å². The number of nitrogens with zero attached hydrogens (tertiary/aromatic N) is 5. The molecule has 4 heterocycles. The van der Waals surface area contributed by atoms with Crippen molar-refractivity contribution < 1.29 is 19.4 Å². The number of benzene rings is 2. The van der Waals surface area contributed by atoms with Crippen LogP contribution >= 0.6 is 11.3 Å². The first-order chi connectivity index (χ1) is 24.2.